The molecule has 1 aromatic rings. The first-order valence-electron chi connectivity index (χ1n) is 6.27. The average molecular weight is 326 g/mol. The Morgan fingerprint density at radius 2 is 2.21 bits per heavy atom. The van der Waals surface area contributed by atoms with Crippen LogP contribution in [-0.4, -0.2) is 24.9 Å². The zero-order valence-corrected chi connectivity index (χ0v) is 12.3. The molecule has 1 saturated heterocycles. The Kier molecular flexibility index (Phi) is 4.71. The molecule has 0 bridgehead atoms. The lowest BCUT2D eigenvalue weighted by molar-refractivity contribution is -0.123. The molecule has 1 amide bonds. The van der Waals surface area contributed by atoms with Crippen LogP contribution in [0.25, 0.3) is 0 Å². The van der Waals surface area contributed by atoms with Crippen molar-refractivity contribution in [2.75, 3.05) is 18.5 Å². The van der Waals surface area contributed by atoms with Crippen LogP contribution in [0.4, 0.5) is 5.69 Å². The fraction of sp³-hybridized carbons (Fsp3) is 0.429. The number of ketones is 1. The van der Waals surface area contributed by atoms with Crippen LogP contribution in [0.1, 0.15) is 30.1 Å². The van der Waals surface area contributed by atoms with Gasteiger partial charge in [0.2, 0.25) is 5.91 Å². The largest absolute Gasteiger partial charge is 0.381 e. The molecule has 0 radical (unpaired) electrons. The van der Waals surface area contributed by atoms with Gasteiger partial charge in [-0.25, -0.2) is 0 Å². The molecule has 1 N–H and O–H groups in total. The number of carbonyl (C=O) groups excluding carboxylic acids is 2. The van der Waals surface area contributed by atoms with E-state index in [1.54, 1.807) is 18.2 Å². The highest BCUT2D eigenvalue weighted by atomic mass is 79.9. The molecule has 1 fully saturated rings. The smallest absolute Gasteiger partial charge is 0.229 e. The van der Waals surface area contributed by atoms with E-state index >= 15 is 0 Å². The van der Waals surface area contributed by atoms with E-state index in [1.165, 1.54) is 6.92 Å². The molecule has 1 atom stereocenters. The van der Waals surface area contributed by atoms with Crippen molar-refractivity contribution in [2.45, 2.75) is 19.8 Å². The second-order valence-electron chi connectivity index (χ2n) is 4.65. The summed E-state index contributed by atoms with van der Waals surface area (Å²) < 4.78 is 6.12. The first-order valence-corrected chi connectivity index (χ1v) is 7.06. The van der Waals surface area contributed by atoms with Gasteiger partial charge in [-0.05, 0) is 38.0 Å². The predicted molar refractivity (Wildman–Crippen MR) is 76.3 cm³/mol. The van der Waals surface area contributed by atoms with Gasteiger partial charge in [0.15, 0.2) is 5.78 Å². The number of anilines is 1. The van der Waals surface area contributed by atoms with E-state index < -0.39 is 0 Å². The molecule has 0 aliphatic carbocycles. The Balaban J connectivity index is 2.13. The second-order valence-corrected chi connectivity index (χ2v) is 5.57. The van der Waals surface area contributed by atoms with Crippen molar-refractivity contribution in [3.8, 4) is 0 Å². The first kappa shape index (κ1) is 14.2. The zero-order chi connectivity index (χ0) is 13.8. The van der Waals surface area contributed by atoms with Crippen LogP contribution in [0.2, 0.25) is 0 Å². The maximum Gasteiger partial charge on any atom is 0.229 e. The van der Waals surface area contributed by atoms with Crippen LogP contribution < -0.4 is 5.32 Å². The normalized spacial score (nSPS) is 18.9. The number of amides is 1. The Morgan fingerprint density at radius 1 is 1.42 bits per heavy atom. The van der Waals surface area contributed by atoms with Crippen LogP contribution in [0.3, 0.4) is 0 Å². The van der Waals surface area contributed by atoms with Crippen LogP contribution in [0, 0.1) is 5.92 Å². The highest BCUT2D eigenvalue weighted by molar-refractivity contribution is 9.10. The quantitative estimate of drug-likeness (QED) is 0.869. The fourth-order valence-corrected chi connectivity index (χ4v) is 2.46. The summed E-state index contributed by atoms with van der Waals surface area (Å²) in [6.07, 6.45) is 1.73. The van der Waals surface area contributed by atoms with Gasteiger partial charge in [0.25, 0.3) is 0 Å². The molecular weight excluding hydrogens is 310 g/mol. The van der Waals surface area contributed by atoms with Crippen molar-refractivity contribution >= 4 is 33.3 Å². The van der Waals surface area contributed by atoms with Crippen molar-refractivity contribution in [1.29, 1.82) is 0 Å². The van der Waals surface area contributed by atoms with E-state index in [1.807, 2.05) is 0 Å². The number of Topliss-reactive ketones (excluding diaryl/α,β-unsaturated/α-hetero) is 1. The molecule has 1 heterocycles. The van der Waals surface area contributed by atoms with Crippen LogP contribution in [0.15, 0.2) is 22.7 Å². The highest BCUT2D eigenvalue weighted by Crippen LogP contribution is 2.23. The Labute approximate surface area is 120 Å². The molecule has 102 valence electrons. The summed E-state index contributed by atoms with van der Waals surface area (Å²) in [5, 5.41) is 2.83. The van der Waals surface area contributed by atoms with Gasteiger partial charge < -0.3 is 10.1 Å². The van der Waals surface area contributed by atoms with Gasteiger partial charge in [-0.2, -0.15) is 0 Å². The van der Waals surface area contributed by atoms with Crippen LogP contribution in [-0.2, 0) is 9.53 Å². The molecule has 0 spiro atoms. The third-order valence-electron chi connectivity index (χ3n) is 3.15. The van der Waals surface area contributed by atoms with Crippen molar-refractivity contribution in [1.82, 2.24) is 0 Å². The van der Waals surface area contributed by atoms with Crippen molar-refractivity contribution in [3.63, 3.8) is 0 Å². The summed E-state index contributed by atoms with van der Waals surface area (Å²) in [7, 11) is 0. The summed E-state index contributed by atoms with van der Waals surface area (Å²) in [5.41, 5.74) is 1.07. The predicted octanol–water partition coefficient (Wildman–Crippen LogP) is 3.02. The third-order valence-corrected chi connectivity index (χ3v) is 3.64. The number of nitrogens with one attached hydrogen (secondary N) is 1. The summed E-state index contributed by atoms with van der Waals surface area (Å²) in [5.74, 6) is -0.279. The van der Waals surface area contributed by atoms with Gasteiger partial charge in [-0.15, -0.1) is 0 Å². The molecule has 0 unspecified atom stereocenters. The molecule has 4 nitrogen and oxygen atoms in total. The molecule has 5 heteroatoms. The monoisotopic (exact) mass is 325 g/mol. The topological polar surface area (TPSA) is 55.4 Å². The third kappa shape index (κ3) is 3.64. The lowest BCUT2D eigenvalue weighted by atomic mass is 10.0. The van der Waals surface area contributed by atoms with Crippen LogP contribution in [0.5, 0.6) is 0 Å². The minimum atomic E-state index is -0.128. The van der Waals surface area contributed by atoms with E-state index in [0.717, 1.165) is 23.9 Å². The average Bonchev–Trinajstić information content (AvgIpc) is 2.41. The molecule has 1 aliphatic rings. The minimum Gasteiger partial charge on any atom is -0.381 e. The first-order chi connectivity index (χ1) is 9.08. The second kappa shape index (κ2) is 6.30. The van der Waals surface area contributed by atoms with E-state index in [2.05, 4.69) is 21.2 Å². The van der Waals surface area contributed by atoms with Gasteiger partial charge in [0.05, 0.1) is 18.2 Å². The maximum atomic E-state index is 12.1. The fourth-order valence-electron chi connectivity index (χ4n) is 2.10. The van der Waals surface area contributed by atoms with Gasteiger partial charge in [-0.3, -0.25) is 9.59 Å². The Morgan fingerprint density at radius 3 is 2.84 bits per heavy atom. The number of ether oxygens (including phenoxy) is 1. The highest BCUT2D eigenvalue weighted by Gasteiger charge is 2.22. The Hall–Kier alpha value is -1.20. The molecule has 1 aliphatic heterocycles. The number of hydrogen-bond acceptors (Lipinski definition) is 3. The van der Waals surface area contributed by atoms with Crippen LogP contribution >= 0.6 is 15.9 Å². The van der Waals surface area contributed by atoms with Crippen molar-refractivity contribution < 1.29 is 14.3 Å². The van der Waals surface area contributed by atoms with E-state index in [-0.39, 0.29) is 17.6 Å². The molecular formula is C14H16BrNO3. The SMILES string of the molecule is CC(=O)c1cc(Br)ccc1NC(=O)[C@@H]1CCCOC1. The summed E-state index contributed by atoms with van der Waals surface area (Å²) in [4.78, 5) is 23.7. The van der Waals surface area contributed by atoms with E-state index in [4.69, 9.17) is 4.74 Å². The number of rotatable bonds is 3. The van der Waals surface area contributed by atoms with Gasteiger partial charge in [0, 0.05) is 16.6 Å². The maximum absolute atomic E-state index is 12.1. The van der Waals surface area contributed by atoms with E-state index in [9.17, 15) is 9.59 Å². The van der Waals surface area contributed by atoms with Crippen molar-refractivity contribution in [2.24, 2.45) is 5.92 Å². The van der Waals surface area contributed by atoms with E-state index in [0.29, 0.717) is 17.9 Å². The molecule has 2 rings (SSSR count). The standard InChI is InChI=1S/C14H16BrNO3/c1-9(17)12-7-11(15)4-5-13(12)16-14(18)10-3-2-6-19-8-10/h4-5,7,10H,2-3,6,8H2,1H3,(H,16,18)/t10-/m1/s1. The summed E-state index contributed by atoms with van der Waals surface area (Å²) in [6.45, 7) is 2.67. The van der Waals surface area contributed by atoms with Gasteiger partial charge in [-0.1, -0.05) is 15.9 Å². The molecule has 19 heavy (non-hydrogen) atoms. The zero-order valence-electron chi connectivity index (χ0n) is 10.7. The summed E-state index contributed by atoms with van der Waals surface area (Å²) >= 11 is 3.32. The number of carbonyl (C=O) groups is 2. The van der Waals surface area contributed by atoms with Gasteiger partial charge in [0.1, 0.15) is 0 Å². The number of hydrogen-bond donors (Lipinski definition) is 1. The molecule has 1 aromatic carbocycles. The minimum absolute atomic E-state index is 0.0727. The van der Waals surface area contributed by atoms with Crippen molar-refractivity contribution in [3.05, 3.63) is 28.2 Å². The Bertz CT molecular complexity index is 495. The summed E-state index contributed by atoms with van der Waals surface area (Å²) in [6, 6.07) is 5.26. The number of benzene rings is 1. The number of halogens is 1. The van der Waals surface area contributed by atoms with Gasteiger partial charge >= 0.3 is 0 Å². The molecule has 0 saturated carbocycles. The lowest BCUT2D eigenvalue weighted by Gasteiger charge is -2.21. The lowest BCUT2D eigenvalue weighted by Crippen LogP contribution is -2.30. The molecule has 0 aromatic heterocycles.